The maximum absolute atomic E-state index is 12.3. The number of carbonyl (C=O) groups is 1. The van der Waals surface area contributed by atoms with Gasteiger partial charge in [-0.05, 0) is 79.9 Å². The quantitative estimate of drug-likeness (QED) is 0.723. The lowest BCUT2D eigenvalue weighted by molar-refractivity contribution is -0.122. The van der Waals surface area contributed by atoms with Crippen molar-refractivity contribution in [1.29, 1.82) is 0 Å². The van der Waals surface area contributed by atoms with E-state index in [4.69, 9.17) is 23.2 Å². The molecule has 0 atom stereocenters. The molecule has 148 valence electrons. The van der Waals surface area contributed by atoms with E-state index in [1.165, 1.54) is 56.7 Å². The lowest BCUT2D eigenvalue weighted by Crippen LogP contribution is -2.52. The first kappa shape index (κ1) is 19.5. The fraction of sp³-hybridized carbons (Fsp3) is 0.632. The summed E-state index contributed by atoms with van der Waals surface area (Å²) in [5.41, 5.74) is 0.229. The molecule has 27 heavy (non-hydrogen) atoms. The molecule has 0 saturated heterocycles. The number of benzene rings is 1. The Morgan fingerprint density at radius 1 is 1.04 bits per heavy atom. The fourth-order valence-electron chi connectivity index (χ4n) is 5.74. The fourth-order valence-corrected chi connectivity index (χ4v) is 7.11. The predicted molar refractivity (Wildman–Crippen MR) is 105 cm³/mol. The Labute approximate surface area is 170 Å². The second-order valence-corrected chi connectivity index (χ2v) is 11.2. The van der Waals surface area contributed by atoms with Crippen LogP contribution in [0.3, 0.4) is 0 Å². The summed E-state index contributed by atoms with van der Waals surface area (Å²) in [5, 5.41) is 3.41. The summed E-state index contributed by atoms with van der Waals surface area (Å²) in [6.45, 7) is 0.374. The van der Waals surface area contributed by atoms with Crippen molar-refractivity contribution in [3.8, 4) is 0 Å². The molecule has 5 nitrogen and oxygen atoms in total. The summed E-state index contributed by atoms with van der Waals surface area (Å²) in [7, 11) is -3.81. The van der Waals surface area contributed by atoms with E-state index in [1.807, 2.05) is 0 Å². The SMILES string of the molecule is O=C(CNS(=O)(=O)c1ccc(Cl)c(Cl)c1)NCC12CC3CC(CC(C3)C1)C2. The van der Waals surface area contributed by atoms with Gasteiger partial charge in [-0.3, -0.25) is 4.79 Å². The maximum Gasteiger partial charge on any atom is 0.241 e. The van der Waals surface area contributed by atoms with Gasteiger partial charge < -0.3 is 5.32 Å². The van der Waals surface area contributed by atoms with Crippen molar-refractivity contribution >= 4 is 39.1 Å². The predicted octanol–water partition coefficient (Wildman–Crippen LogP) is 3.60. The molecule has 0 aliphatic heterocycles. The van der Waals surface area contributed by atoms with E-state index in [-0.39, 0.29) is 32.8 Å². The molecule has 4 aliphatic carbocycles. The van der Waals surface area contributed by atoms with Crippen molar-refractivity contribution in [1.82, 2.24) is 10.0 Å². The van der Waals surface area contributed by atoms with E-state index in [0.29, 0.717) is 6.54 Å². The van der Waals surface area contributed by atoms with E-state index in [0.717, 1.165) is 17.8 Å². The number of halogens is 2. The summed E-state index contributed by atoms with van der Waals surface area (Å²) in [4.78, 5) is 12.2. The molecule has 8 heteroatoms. The first-order valence-electron chi connectivity index (χ1n) is 9.46. The first-order chi connectivity index (χ1) is 12.7. The molecule has 0 aromatic heterocycles. The van der Waals surface area contributed by atoms with Gasteiger partial charge in [-0.2, -0.15) is 0 Å². The standard InChI is InChI=1S/C19H24Cl2N2O3S/c20-16-2-1-15(6-17(16)21)27(25,26)23-10-18(24)22-11-19-7-12-3-13(8-19)5-14(4-12)9-19/h1-2,6,12-14,23H,3-5,7-11H2,(H,22,24). The lowest BCUT2D eigenvalue weighted by Gasteiger charge is -2.56. The third-order valence-electron chi connectivity index (χ3n) is 6.45. The average Bonchev–Trinajstić information content (AvgIpc) is 2.59. The Balaban J connectivity index is 1.31. The highest BCUT2D eigenvalue weighted by atomic mass is 35.5. The van der Waals surface area contributed by atoms with Crippen LogP contribution in [0.15, 0.2) is 23.1 Å². The molecule has 1 amide bonds. The van der Waals surface area contributed by atoms with Crippen molar-refractivity contribution in [2.24, 2.45) is 23.2 Å². The normalized spacial score (nSPS) is 31.9. The molecule has 5 rings (SSSR count). The highest BCUT2D eigenvalue weighted by Crippen LogP contribution is 2.59. The van der Waals surface area contributed by atoms with Crippen LogP contribution in [0, 0.1) is 23.2 Å². The number of nitrogens with one attached hydrogen (secondary N) is 2. The van der Waals surface area contributed by atoms with E-state index in [9.17, 15) is 13.2 Å². The Kier molecular flexibility index (Phi) is 5.21. The number of sulfonamides is 1. The molecule has 4 saturated carbocycles. The second-order valence-electron chi connectivity index (χ2n) is 8.59. The Bertz CT molecular complexity index is 821. The molecule has 1 aromatic carbocycles. The zero-order chi connectivity index (χ0) is 19.2. The molecule has 2 N–H and O–H groups in total. The van der Waals surface area contributed by atoms with E-state index in [2.05, 4.69) is 10.0 Å². The highest BCUT2D eigenvalue weighted by Gasteiger charge is 2.50. The summed E-state index contributed by atoms with van der Waals surface area (Å²) in [6, 6.07) is 4.06. The minimum absolute atomic E-state index is 0.00853. The van der Waals surface area contributed by atoms with Crippen molar-refractivity contribution in [3.05, 3.63) is 28.2 Å². The minimum atomic E-state index is -3.81. The molecule has 0 spiro atoms. The van der Waals surface area contributed by atoms with Crippen LogP contribution in [0.2, 0.25) is 10.0 Å². The van der Waals surface area contributed by atoms with Crippen LogP contribution in [-0.4, -0.2) is 27.4 Å². The third kappa shape index (κ3) is 4.14. The van der Waals surface area contributed by atoms with Gasteiger partial charge >= 0.3 is 0 Å². The molecule has 0 unspecified atom stereocenters. The van der Waals surface area contributed by atoms with Crippen LogP contribution >= 0.6 is 23.2 Å². The molecule has 0 radical (unpaired) electrons. The number of hydrogen-bond donors (Lipinski definition) is 2. The Hall–Kier alpha value is -0.820. The zero-order valence-electron chi connectivity index (χ0n) is 15.0. The van der Waals surface area contributed by atoms with Gasteiger partial charge in [-0.15, -0.1) is 0 Å². The first-order valence-corrected chi connectivity index (χ1v) is 11.7. The summed E-state index contributed by atoms with van der Waals surface area (Å²) in [5.74, 6) is 2.17. The average molecular weight is 431 g/mol. The molecular weight excluding hydrogens is 407 g/mol. The van der Waals surface area contributed by atoms with E-state index in [1.54, 1.807) is 0 Å². The van der Waals surface area contributed by atoms with E-state index >= 15 is 0 Å². The Morgan fingerprint density at radius 2 is 1.63 bits per heavy atom. The summed E-state index contributed by atoms with van der Waals surface area (Å²) in [6.07, 6.45) is 7.68. The highest BCUT2D eigenvalue weighted by molar-refractivity contribution is 7.89. The largest absolute Gasteiger partial charge is 0.354 e. The van der Waals surface area contributed by atoms with Gasteiger partial charge in [0, 0.05) is 6.54 Å². The molecule has 0 heterocycles. The maximum atomic E-state index is 12.3. The lowest BCUT2D eigenvalue weighted by atomic mass is 9.49. The van der Waals surface area contributed by atoms with Gasteiger partial charge in [-0.25, -0.2) is 13.1 Å². The molecule has 4 bridgehead atoms. The Morgan fingerprint density at radius 3 is 2.19 bits per heavy atom. The monoisotopic (exact) mass is 430 g/mol. The van der Waals surface area contributed by atoms with Gasteiger partial charge in [0.2, 0.25) is 15.9 Å². The van der Waals surface area contributed by atoms with Crippen molar-refractivity contribution in [2.75, 3.05) is 13.1 Å². The van der Waals surface area contributed by atoms with Gasteiger partial charge in [-0.1, -0.05) is 23.2 Å². The molecule has 4 fully saturated rings. The van der Waals surface area contributed by atoms with Gasteiger partial charge in [0.25, 0.3) is 0 Å². The van der Waals surface area contributed by atoms with Crippen LogP contribution in [0.4, 0.5) is 0 Å². The number of rotatable bonds is 6. The molecule has 1 aromatic rings. The molecule has 4 aliphatic rings. The van der Waals surface area contributed by atoms with Crippen LogP contribution in [0.5, 0.6) is 0 Å². The van der Waals surface area contributed by atoms with Crippen LogP contribution < -0.4 is 10.0 Å². The van der Waals surface area contributed by atoms with Crippen LogP contribution in [-0.2, 0) is 14.8 Å². The van der Waals surface area contributed by atoms with Crippen molar-refractivity contribution in [3.63, 3.8) is 0 Å². The zero-order valence-corrected chi connectivity index (χ0v) is 17.3. The van der Waals surface area contributed by atoms with Crippen LogP contribution in [0.1, 0.15) is 38.5 Å². The van der Waals surface area contributed by atoms with E-state index < -0.39 is 10.0 Å². The smallest absolute Gasteiger partial charge is 0.241 e. The van der Waals surface area contributed by atoms with Crippen LogP contribution in [0.25, 0.3) is 0 Å². The van der Waals surface area contributed by atoms with Gasteiger partial charge in [0.05, 0.1) is 21.5 Å². The minimum Gasteiger partial charge on any atom is -0.354 e. The number of hydrogen-bond acceptors (Lipinski definition) is 3. The van der Waals surface area contributed by atoms with Crippen molar-refractivity contribution in [2.45, 2.75) is 43.4 Å². The van der Waals surface area contributed by atoms with Crippen molar-refractivity contribution < 1.29 is 13.2 Å². The number of amides is 1. The summed E-state index contributed by atoms with van der Waals surface area (Å²) < 4.78 is 27.0. The van der Waals surface area contributed by atoms with Gasteiger partial charge in [0.15, 0.2) is 0 Å². The topological polar surface area (TPSA) is 75.3 Å². The van der Waals surface area contributed by atoms with Gasteiger partial charge in [0.1, 0.15) is 0 Å². The second kappa shape index (κ2) is 7.21. The number of carbonyl (C=O) groups excluding carboxylic acids is 1. The third-order valence-corrected chi connectivity index (χ3v) is 8.59. The summed E-state index contributed by atoms with van der Waals surface area (Å²) >= 11 is 11.7. The molecular formula is C19H24Cl2N2O3S.